The first-order valence-corrected chi connectivity index (χ1v) is 7.49. The van der Waals surface area contributed by atoms with Gasteiger partial charge in [0.25, 0.3) is 0 Å². The number of benzene rings is 2. The van der Waals surface area contributed by atoms with E-state index < -0.39 is 0 Å². The summed E-state index contributed by atoms with van der Waals surface area (Å²) in [7, 11) is 0. The van der Waals surface area contributed by atoms with Crippen molar-refractivity contribution in [2.45, 2.75) is 6.42 Å². The van der Waals surface area contributed by atoms with Crippen molar-refractivity contribution in [2.75, 3.05) is 17.2 Å². The standard InChI is InChI=1S/C15H14BrClN2O2/c16-10-3-1-4-11(9-10)18-15(21)19-14-6-2-5-13(17)12(14)7-8-20/h1-6,9,20H,7-8H2,(H2,18,19,21). The Morgan fingerprint density at radius 1 is 1.19 bits per heavy atom. The molecular weight excluding hydrogens is 356 g/mol. The van der Waals surface area contributed by atoms with Crippen LogP contribution in [0.1, 0.15) is 5.56 Å². The van der Waals surface area contributed by atoms with E-state index in [1.54, 1.807) is 30.3 Å². The number of nitrogens with one attached hydrogen (secondary N) is 2. The highest BCUT2D eigenvalue weighted by atomic mass is 79.9. The maximum absolute atomic E-state index is 12.0. The van der Waals surface area contributed by atoms with E-state index in [2.05, 4.69) is 26.6 Å². The number of urea groups is 1. The quantitative estimate of drug-likeness (QED) is 0.753. The van der Waals surface area contributed by atoms with E-state index in [0.717, 1.165) is 4.47 Å². The number of amides is 2. The zero-order chi connectivity index (χ0) is 15.2. The molecule has 21 heavy (non-hydrogen) atoms. The van der Waals surface area contributed by atoms with Gasteiger partial charge in [-0.3, -0.25) is 0 Å². The Balaban J connectivity index is 2.11. The van der Waals surface area contributed by atoms with E-state index in [4.69, 9.17) is 16.7 Å². The number of anilines is 2. The molecule has 0 saturated heterocycles. The molecule has 0 aliphatic carbocycles. The largest absolute Gasteiger partial charge is 0.396 e. The Hall–Kier alpha value is -1.56. The lowest BCUT2D eigenvalue weighted by Gasteiger charge is -2.13. The van der Waals surface area contributed by atoms with Gasteiger partial charge in [-0.05, 0) is 42.3 Å². The van der Waals surface area contributed by atoms with E-state index in [9.17, 15) is 4.79 Å². The predicted octanol–water partition coefficient (Wildman–Crippen LogP) is 4.28. The lowest BCUT2D eigenvalue weighted by Crippen LogP contribution is -2.20. The van der Waals surface area contributed by atoms with Crippen LogP contribution >= 0.6 is 27.5 Å². The molecule has 6 heteroatoms. The maximum atomic E-state index is 12.0. The zero-order valence-electron chi connectivity index (χ0n) is 11.1. The van der Waals surface area contributed by atoms with Gasteiger partial charge in [0.2, 0.25) is 0 Å². The van der Waals surface area contributed by atoms with Crippen LogP contribution in [0, 0.1) is 0 Å². The highest BCUT2D eigenvalue weighted by Gasteiger charge is 2.10. The predicted molar refractivity (Wildman–Crippen MR) is 89.0 cm³/mol. The minimum atomic E-state index is -0.366. The molecule has 0 aliphatic rings. The number of hydrogen-bond acceptors (Lipinski definition) is 2. The third-order valence-corrected chi connectivity index (χ3v) is 3.66. The minimum Gasteiger partial charge on any atom is -0.396 e. The number of aliphatic hydroxyl groups excluding tert-OH is 1. The van der Waals surface area contributed by atoms with Crippen LogP contribution in [0.25, 0.3) is 0 Å². The van der Waals surface area contributed by atoms with Crippen molar-refractivity contribution in [2.24, 2.45) is 0 Å². The van der Waals surface area contributed by atoms with Crippen molar-refractivity contribution in [3.05, 3.63) is 57.5 Å². The van der Waals surface area contributed by atoms with Crippen LogP contribution in [0.4, 0.5) is 16.2 Å². The number of carbonyl (C=O) groups excluding carboxylic acids is 1. The van der Waals surface area contributed by atoms with Gasteiger partial charge in [0.1, 0.15) is 0 Å². The number of aliphatic hydroxyl groups is 1. The number of carbonyl (C=O) groups is 1. The fourth-order valence-corrected chi connectivity index (χ4v) is 2.56. The van der Waals surface area contributed by atoms with E-state index in [0.29, 0.717) is 28.4 Å². The zero-order valence-corrected chi connectivity index (χ0v) is 13.4. The Morgan fingerprint density at radius 2 is 1.95 bits per heavy atom. The fraction of sp³-hybridized carbons (Fsp3) is 0.133. The average Bonchev–Trinajstić information content (AvgIpc) is 2.42. The lowest BCUT2D eigenvalue weighted by atomic mass is 10.1. The van der Waals surface area contributed by atoms with Crippen LogP contribution in [0.3, 0.4) is 0 Å². The third-order valence-electron chi connectivity index (χ3n) is 2.81. The van der Waals surface area contributed by atoms with Crippen LogP contribution in [0.2, 0.25) is 5.02 Å². The third kappa shape index (κ3) is 4.46. The highest BCUT2D eigenvalue weighted by Crippen LogP contribution is 2.25. The Labute approximate surface area is 136 Å². The van der Waals surface area contributed by atoms with Gasteiger partial charge < -0.3 is 15.7 Å². The Bertz CT molecular complexity index is 649. The summed E-state index contributed by atoms with van der Waals surface area (Å²) < 4.78 is 0.879. The summed E-state index contributed by atoms with van der Waals surface area (Å²) in [5, 5.41) is 15.1. The van der Waals surface area contributed by atoms with E-state index >= 15 is 0 Å². The van der Waals surface area contributed by atoms with Crippen LogP contribution in [0.15, 0.2) is 46.9 Å². The molecular formula is C15H14BrClN2O2. The van der Waals surface area contributed by atoms with Gasteiger partial charge in [-0.1, -0.05) is 39.7 Å². The van der Waals surface area contributed by atoms with Crippen molar-refractivity contribution in [3.63, 3.8) is 0 Å². The molecule has 0 atom stereocenters. The molecule has 2 amide bonds. The Morgan fingerprint density at radius 3 is 2.67 bits per heavy atom. The summed E-state index contributed by atoms with van der Waals surface area (Å²) in [4.78, 5) is 12.0. The number of hydrogen-bond donors (Lipinski definition) is 3. The molecule has 110 valence electrons. The first kappa shape index (κ1) is 15.8. The van der Waals surface area contributed by atoms with Crippen molar-refractivity contribution < 1.29 is 9.90 Å². The lowest BCUT2D eigenvalue weighted by molar-refractivity contribution is 0.262. The summed E-state index contributed by atoms with van der Waals surface area (Å²) in [6, 6.07) is 12.1. The number of rotatable bonds is 4. The number of halogens is 2. The highest BCUT2D eigenvalue weighted by molar-refractivity contribution is 9.10. The molecule has 0 saturated carbocycles. The Kier molecular flexibility index (Phi) is 5.61. The van der Waals surface area contributed by atoms with Crippen LogP contribution in [-0.2, 0) is 6.42 Å². The van der Waals surface area contributed by atoms with Crippen molar-refractivity contribution in [1.82, 2.24) is 0 Å². The van der Waals surface area contributed by atoms with Gasteiger partial charge in [-0.2, -0.15) is 0 Å². The summed E-state index contributed by atoms with van der Waals surface area (Å²) >= 11 is 9.43. The van der Waals surface area contributed by atoms with Gasteiger partial charge in [-0.15, -0.1) is 0 Å². The van der Waals surface area contributed by atoms with E-state index in [1.807, 2.05) is 12.1 Å². The van der Waals surface area contributed by atoms with Crippen LogP contribution in [0.5, 0.6) is 0 Å². The molecule has 0 fully saturated rings. The second-order valence-corrected chi connectivity index (χ2v) is 5.65. The summed E-state index contributed by atoms with van der Waals surface area (Å²) in [6.45, 7) is -0.0360. The minimum absolute atomic E-state index is 0.0360. The van der Waals surface area contributed by atoms with Gasteiger partial charge >= 0.3 is 6.03 Å². The molecule has 2 aromatic carbocycles. The normalized spacial score (nSPS) is 10.2. The summed E-state index contributed by atoms with van der Waals surface area (Å²) in [6.07, 6.45) is 0.381. The molecule has 2 aromatic rings. The molecule has 0 unspecified atom stereocenters. The first-order valence-electron chi connectivity index (χ1n) is 6.32. The maximum Gasteiger partial charge on any atom is 0.323 e. The van der Waals surface area contributed by atoms with E-state index in [1.165, 1.54) is 0 Å². The molecule has 4 nitrogen and oxygen atoms in total. The smallest absolute Gasteiger partial charge is 0.323 e. The van der Waals surface area contributed by atoms with Crippen LogP contribution in [-0.4, -0.2) is 17.7 Å². The fourth-order valence-electron chi connectivity index (χ4n) is 1.89. The molecule has 3 N–H and O–H groups in total. The van der Waals surface area contributed by atoms with Crippen molar-refractivity contribution in [3.8, 4) is 0 Å². The van der Waals surface area contributed by atoms with Gasteiger partial charge in [-0.25, -0.2) is 4.79 Å². The second-order valence-electron chi connectivity index (χ2n) is 4.33. The topological polar surface area (TPSA) is 61.4 Å². The molecule has 0 aliphatic heterocycles. The molecule has 0 bridgehead atoms. The summed E-state index contributed by atoms with van der Waals surface area (Å²) in [5.41, 5.74) is 1.97. The molecule has 0 radical (unpaired) electrons. The second kappa shape index (κ2) is 7.45. The van der Waals surface area contributed by atoms with Crippen LogP contribution < -0.4 is 10.6 Å². The SMILES string of the molecule is O=C(Nc1cccc(Br)c1)Nc1cccc(Cl)c1CCO. The monoisotopic (exact) mass is 368 g/mol. The molecule has 0 spiro atoms. The van der Waals surface area contributed by atoms with Gasteiger partial charge in [0.05, 0.1) is 0 Å². The van der Waals surface area contributed by atoms with E-state index in [-0.39, 0.29) is 12.6 Å². The van der Waals surface area contributed by atoms with Gasteiger partial charge in [0, 0.05) is 27.5 Å². The molecule has 0 heterocycles. The van der Waals surface area contributed by atoms with Crippen molar-refractivity contribution >= 4 is 44.9 Å². The van der Waals surface area contributed by atoms with Gasteiger partial charge in [0.15, 0.2) is 0 Å². The van der Waals surface area contributed by atoms with Crippen molar-refractivity contribution in [1.29, 1.82) is 0 Å². The molecule has 0 aromatic heterocycles. The molecule has 2 rings (SSSR count). The summed E-state index contributed by atoms with van der Waals surface area (Å²) in [5.74, 6) is 0. The first-order chi connectivity index (χ1) is 10.1. The average molecular weight is 370 g/mol.